The quantitative estimate of drug-likeness (QED) is 0.730. The number of carboxylic acids is 1. The van der Waals surface area contributed by atoms with Crippen LogP contribution in [0.5, 0.6) is 11.5 Å². The topological polar surface area (TPSA) is 116 Å². The van der Waals surface area contributed by atoms with E-state index in [0.29, 0.717) is 24.7 Å². The molecule has 0 atom stereocenters. The van der Waals surface area contributed by atoms with Crippen molar-refractivity contribution in [1.82, 2.24) is 20.3 Å². The van der Waals surface area contributed by atoms with E-state index in [0.717, 1.165) is 5.56 Å². The zero-order chi connectivity index (χ0) is 17.5. The fourth-order valence-corrected chi connectivity index (χ4v) is 1.98. The Bertz CT molecular complexity index is 728. The summed E-state index contributed by atoms with van der Waals surface area (Å²) in [5.41, 5.74) is 0.636. The van der Waals surface area contributed by atoms with E-state index in [-0.39, 0.29) is 18.1 Å². The van der Waals surface area contributed by atoms with Gasteiger partial charge in [-0.25, -0.2) is 9.48 Å². The number of nitrogens with zero attached hydrogens (tertiary/aromatic N) is 3. The Morgan fingerprint density at radius 1 is 1.33 bits per heavy atom. The molecule has 0 bridgehead atoms. The van der Waals surface area contributed by atoms with Crippen molar-refractivity contribution in [2.24, 2.45) is 0 Å². The van der Waals surface area contributed by atoms with E-state index >= 15 is 0 Å². The molecule has 0 unspecified atom stereocenters. The van der Waals surface area contributed by atoms with Gasteiger partial charge in [-0.2, -0.15) is 0 Å². The second kappa shape index (κ2) is 7.95. The van der Waals surface area contributed by atoms with Crippen molar-refractivity contribution >= 4 is 11.9 Å². The molecular formula is C15H18N4O5. The predicted octanol–water partition coefficient (Wildman–Crippen LogP) is 0.700. The average molecular weight is 334 g/mol. The molecule has 0 spiro atoms. The van der Waals surface area contributed by atoms with Gasteiger partial charge in [0.25, 0.3) is 0 Å². The largest absolute Gasteiger partial charge is 0.493 e. The Balaban J connectivity index is 1.93. The minimum Gasteiger partial charge on any atom is -0.493 e. The van der Waals surface area contributed by atoms with Crippen LogP contribution in [0.4, 0.5) is 0 Å². The molecule has 9 nitrogen and oxygen atoms in total. The zero-order valence-corrected chi connectivity index (χ0v) is 13.4. The van der Waals surface area contributed by atoms with E-state index < -0.39 is 5.97 Å². The second-order valence-electron chi connectivity index (χ2n) is 4.80. The van der Waals surface area contributed by atoms with Gasteiger partial charge < -0.3 is 19.9 Å². The summed E-state index contributed by atoms with van der Waals surface area (Å²) in [6.07, 6.45) is 1.20. The number of rotatable bonds is 8. The van der Waals surface area contributed by atoms with Crippen molar-refractivity contribution < 1.29 is 24.2 Å². The Labute approximate surface area is 138 Å². The highest BCUT2D eigenvalue weighted by molar-refractivity contribution is 5.84. The second-order valence-corrected chi connectivity index (χ2v) is 4.80. The molecule has 1 amide bonds. The fraction of sp³-hybridized carbons (Fsp3) is 0.333. The number of hydrogen-bond acceptors (Lipinski definition) is 6. The molecule has 1 aromatic carbocycles. The molecule has 0 aliphatic rings. The first-order chi connectivity index (χ1) is 11.5. The highest BCUT2D eigenvalue weighted by Gasteiger charge is 2.11. The summed E-state index contributed by atoms with van der Waals surface area (Å²) < 4.78 is 11.8. The lowest BCUT2D eigenvalue weighted by molar-refractivity contribution is -0.122. The minimum absolute atomic E-state index is 0.116. The smallest absolute Gasteiger partial charge is 0.358 e. The molecule has 2 aromatic rings. The van der Waals surface area contributed by atoms with Crippen LogP contribution in [0.2, 0.25) is 0 Å². The third kappa shape index (κ3) is 4.45. The van der Waals surface area contributed by atoms with E-state index in [9.17, 15) is 9.59 Å². The molecule has 128 valence electrons. The summed E-state index contributed by atoms with van der Waals surface area (Å²) in [7, 11) is 1.56. The molecule has 24 heavy (non-hydrogen) atoms. The van der Waals surface area contributed by atoms with Gasteiger partial charge >= 0.3 is 5.97 Å². The van der Waals surface area contributed by atoms with Crippen molar-refractivity contribution in [3.05, 3.63) is 35.7 Å². The van der Waals surface area contributed by atoms with Crippen LogP contribution in [0.1, 0.15) is 23.0 Å². The predicted molar refractivity (Wildman–Crippen MR) is 83.0 cm³/mol. The normalized spacial score (nSPS) is 10.2. The summed E-state index contributed by atoms with van der Waals surface area (Å²) in [5.74, 6) is -0.279. The number of ether oxygens (including phenoxy) is 2. The van der Waals surface area contributed by atoms with Gasteiger partial charge in [-0.15, -0.1) is 5.10 Å². The van der Waals surface area contributed by atoms with E-state index in [4.69, 9.17) is 14.6 Å². The van der Waals surface area contributed by atoms with Crippen molar-refractivity contribution in [2.45, 2.75) is 20.0 Å². The van der Waals surface area contributed by atoms with Gasteiger partial charge in [-0.05, 0) is 24.6 Å². The number of carbonyl (C=O) groups is 2. The first kappa shape index (κ1) is 17.3. The molecule has 9 heteroatoms. The highest BCUT2D eigenvalue weighted by Crippen LogP contribution is 2.27. The Morgan fingerprint density at radius 2 is 2.12 bits per heavy atom. The molecule has 0 saturated heterocycles. The average Bonchev–Trinajstić information content (AvgIpc) is 3.02. The monoisotopic (exact) mass is 334 g/mol. The maximum absolute atomic E-state index is 11.9. The number of carbonyl (C=O) groups excluding carboxylic acids is 1. The number of aromatic nitrogens is 3. The van der Waals surface area contributed by atoms with Crippen LogP contribution in [0.15, 0.2) is 24.4 Å². The van der Waals surface area contributed by atoms with Gasteiger partial charge in [0.2, 0.25) is 5.91 Å². The number of hydrogen-bond donors (Lipinski definition) is 2. The van der Waals surface area contributed by atoms with Gasteiger partial charge in [0.15, 0.2) is 17.2 Å². The van der Waals surface area contributed by atoms with Crippen LogP contribution in [0.25, 0.3) is 0 Å². The van der Waals surface area contributed by atoms with Crippen molar-refractivity contribution in [2.75, 3.05) is 13.7 Å². The van der Waals surface area contributed by atoms with Crippen molar-refractivity contribution in [1.29, 1.82) is 0 Å². The lowest BCUT2D eigenvalue weighted by Gasteiger charge is -2.11. The number of amides is 1. The number of methoxy groups -OCH3 is 1. The first-order valence-corrected chi connectivity index (χ1v) is 7.23. The standard InChI is InChI=1S/C15H18N4O5/c1-3-24-13-6-10(4-5-12(13)23-2)7-16-14(20)9-19-8-11(15(21)22)17-18-19/h4-6,8H,3,7,9H2,1-2H3,(H,16,20)(H,21,22). The molecule has 0 fully saturated rings. The van der Waals surface area contributed by atoms with Gasteiger partial charge in [-0.3, -0.25) is 4.79 Å². The molecule has 0 aliphatic heterocycles. The van der Waals surface area contributed by atoms with Gasteiger partial charge in [0.1, 0.15) is 6.54 Å². The van der Waals surface area contributed by atoms with Gasteiger partial charge in [0, 0.05) is 6.54 Å². The summed E-state index contributed by atoms with van der Waals surface area (Å²) in [4.78, 5) is 22.6. The minimum atomic E-state index is -1.19. The van der Waals surface area contributed by atoms with Crippen LogP contribution in [0, 0.1) is 0 Å². The summed E-state index contributed by atoms with van der Waals surface area (Å²) in [6.45, 7) is 2.56. The number of aromatic carboxylic acids is 1. The van der Waals surface area contributed by atoms with E-state index in [1.807, 2.05) is 13.0 Å². The van der Waals surface area contributed by atoms with E-state index in [1.165, 1.54) is 10.9 Å². The van der Waals surface area contributed by atoms with Crippen molar-refractivity contribution in [3.63, 3.8) is 0 Å². The van der Waals surface area contributed by atoms with Gasteiger partial charge in [-0.1, -0.05) is 11.3 Å². The Kier molecular flexibility index (Phi) is 5.72. The summed E-state index contributed by atoms with van der Waals surface area (Å²) in [5, 5.41) is 18.5. The van der Waals surface area contributed by atoms with Crippen LogP contribution in [-0.2, 0) is 17.9 Å². The third-order valence-corrected chi connectivity index (χ3v) is 3.08. The molecule has 0 radical (unpaired) electrons. The number of carboxylic acid groups (broad SMARTS) is 1. The Morgan fingerprint density at radius 3 is 2.75 bits per heavy atom. The summed E-state index contributed by atoms with van der Waals surface area (Å²) >= 11 is 0. The molecule has 2 N–H and O–H groups in total. The first-order valence-electron chi connectivity index (χ1n) is 7.23. The van der Waals surface area contributed by atoms with E-state index in [2.05, 4.69) is 15.6 Å². The zero-order valence-electron chi connectivity index (χ0n) is 13.4. The van der Waals surface area contributed by atoms with Crippen LogP contribution >= 0.6 is 0 Å². The maximum atomic E-state index is 11.9. The molecule has 1 heterocycles. The third-order valence-electron chi connectivity index (χ3n) is 3.08. The fourth-order valence-electron chi connectivity index (χ4n) is 1.98. The van der Waals surface area contributed by atoms with Crippen LogP contribution in [-0.4, -0.2) is 45.7 Å². The highest BCUT2D eigenvalue weighted by atomic mass is 16.5. The van der Waals surface area contributed by atoms with Crippen LogP contribution < -0.4 is 14.8 Å². The van der Waals surface area contributed by atoms with E-state index in [1.54, 1.807) is 19.2 Å². The molecule has 2 rings (SSSR count). The lowest BCUT2D eigenvalue weighted by atomic mass is 10.2. The molecular weight excluding hydrogens is 316 g/mol. The van der Waals surface area contributed by atoms with Gasteiger partial charge in [0.05, 0.1) is 19.9 Å². The SMILES string of the molecule is CCOc1cc(CNC(=O)Cn2cc(C(=O)O)nn2)ccc1OC. The molecule has 0 aliphatic carbocycles. The number of nitrogens with one attached hydrogen (secondary N) is 1. The Hall–Kier alpha value is -3.10. The molecule has 1 aromatic heterocycles. The number of benzene rings is 1. The maximum Gasteiger partial charge on any atom is 0.358 e. The summed E-state index contributed by atoms with van der Waals surface area (Å²) in [6, 6.07) is 5.38. The van der Waals surface area contributed by atoms with Crippen LogP contribution in [0.3, 0.4) is 0 Å². The van der Waals surface area contributed by atoms with Crippen molar-refractivity contribution in [3.8, 4) is 11.5 Å². The molecule has 0 saturated carbocycles. The lowest BCUT2D eigenvalue weighted by Crippen LogP contribution is -2.27.